The molecule has 2 aromatic carbocycles. The third-order valence-electron chi connectivity index (χ3n) is 4.49. The Morgan fingerprint density at radius 1 is 1.08 bits per heavy atom. The minimum Gasteiger partial charge on any atom is -0.445 e. The SMILES string of the molecule is O=C(NCC#Cc1ccc(C2CCNCC2)cc1)OCc1ccccc1. The average Bonchev–Trinajstić information content (AvgIpc) is 2.71. The number of ether oxygens (including phenoxy) is 1. The Hall–Kier alpha value is -2.77. The fourth-order valence-electron chi connectivity index (χ4n) is 3.03. The fourth-order valence-corrected chi connectivity index (χ4v) is 3.03. The average molecular weight is 348 g/mol. The second-order valence-electron chi connectivity index (χ2n) is 6.36. The van der Waals surface area contributed by atoms with Crippen LogP contribution in [0.25, 0.3) is 0 Å². The minimum absolute atomic E-state index is 0.262. The molecule has 2 aromatic rings. The molecule has 0 saturated carbocycles. The van der Waals surface area contributed by atoms with E-state index in [1.165, 1.54) is 18.4 Å². The zero-order chi connectivity index (χ0) is 18.0. The zero-order valence-electron chi connectivity index (χ0n) is 14.8. The Labute approximate surface area is 155 Å². The molecule has 1 amide bonds. The van der Waals surface area contributed by atoms with Gasteiger partial charge in [0.15, 0.2) is 0 Å². The summed E-state index contributed by atoms with van der Waals surface area (Å²) in [5, 5.41) is 6.03. The summed E-state index contributed by atoms with van der Waals surface area (Å²) in [6.45, 7) is 2.72. The molecule has 1 fully saturated rings. The maximum Gasteiger partial charge on any atom is 0.408 e. The van der Waals surface area contributed by atoms with E-state index in [9.17, 15) is 4.79 Å². The van der Waals surface area contributed by atoms with Crippen molar-refractivity contribution in [1.29, 1.82) is 0 Å². The third-order valence-corrected chi connectivity index (χ3v) is 4.49. The first kappa shape index (κ1) is 18.0. The molecule has 0 bridgehead atoms. The number of hydrogen-bond donors (Lipinski definition) is 2. The van der Waals surface area contributed by atoms with Crippen molar-refractivity contribution in [3.63, 3.8) is 0 Å². The van der Waals surface area contributed by atoms with E-state index in [0.29, 0.717) is 5.92 Å². The number of hydrogen-bond acceptors (Lipinski definition) is 3. The molecule has 4 heteroatoms. The minimum atomic E-state index is -0.454. The van der Waals surface area contributed by atoms with Crippen LogP contribution in [0.5, 0.6) is 0 Å². The molecule has 4 nitrogen and oxygen atoms in total. The molecule has 26 heavy (non-hydrogen) atoms. The summed E-state index contributed by atoms with van der Waals surface area (Å²) in [5.74, 6) is 6.68. The predicted octanol–water partition coefficient (Wildman–Crippen LogP) is 3.43. The highest BCUT2D eigenvalue weighted by Gasteiger charge is 2.14. The van der Waals surface area contributed by atoms with E-state index in [1.807, 2.05) is 30.3 Å². The Morgan fingerprint density at radius 3 is 2.54 bits per heavy atom. The molecule has 1 aliphatic heterocycles. The van der Waals surface area contributed by atoms with Gasteiger partial charge in [0.2, 0.25) is 0 Å². The van der Waals surface area contributed by atoms with Crippen molar-refractivity contribution in [3.05, 3.63) is 71.3 Å². The first-order valence-electron chi connectivity index (χ1n) is 9.05. The second-order valence-corrected chi connectivity index (χ2v) is 6.36. The van der Waals surface area contributed by atoms with Crippen LogP contribution in [0, 0.1) is 11.8 Å². The van der Waals surface area contributed by atoms with E-state index < -0.39 is 6.09 Å². The molecule has 0 aromatic heterocycles. The van der Waals surface area contributed by atoms with Crippen molar-refractivity contribution in [1.82, 2.24) is 10.6 Å². The fraction of sp³-hybridized carbons (Fsp3) is 0.318. The summed E-state index contributed by atoms with van der Waals surface area (Å²) in [6, 6.07) is 18.0. The Bertz CT molecular complexity index is 754. The lowest BCUT2D eigenvalue weighted by atomic mass is 9.90. The molecular weight excluding hydrogens is 324 g/mol. The summed E-state index contributed by atoms with van der Waals surface area (Å²) >= 11 is 0. The Kier molecular flexibility index (Phi) is 6.69. The lowest BCUT2D eigenvalue weighted by molar-refractivity contribution is 0.141. The van der Waals surface area contributed by atoms with Crippen molar-refractivity contribution in [2.45, 2.75) is 25.4 Å². The van der Waals surface area contributed by atoms with E-state index in [4.69, 9.17) is 4.74 Å². The summed E-state index contributed by atoms with van der Waals surface area (Å²) in [5.41, 5.74) is 3.31. The van der Waals surface area contributed by atoms with Gasteiger partial charge in [-0.15, -0.1) is 0 Å². The monoisotopic (exact) mass is 348 g/mol. The van der Waals surface area contributed by atoms with E-state index in [-0.39, 0.29) is 13.2 Å². The summed E-state index contributed by atoms with van der Waals surface area (Å²) in [6.07, 6.45) is 1.93. The van der Waals surface area contributed by atoms with Gasteiger partial charge in [-0.2, -0.15) is 0 Å². The molecule has 0 atom stereocenters. The zero-order valence-corrected chi connectivity index (χ0v) is 14.8. The molecule has 0 unspecified atom stereocenters. The van der Waals surface area contributed by atoms with E-state index in [1.54, 1.807) is 0 Å². The molecular formula is C22H24N2O2. The van der Waals surface area contributed by atoms with Crippen LogP contribution in [0.3, 0.4) is 0 Å². The molecule has 0 radical (unpaired) electrons. The molecule has 1 heterocycles. The van der Waals surface area contributed by atoms with Crippen molar-refractivity contribution in [3.8, 4) is 11.8 Å². The number of carbonyl (C=O) groups excluding carboxylic acids is 1. The predicted molar refractivity (Wildman–Crippen MR) is 103 cm³/mol. The Balaban J connectivity index is 1.41. The van der Waals surface area contributed by atoms with Crippen LogP contribution in [-0.2, 0) is 11.3 Å². The van der Waals surface area contributed by atoms with Crippen LogP contribution < -0.4 is 10.6 Å². The van der Waals surface area contributed by atoms with Crippen LogP contribution in [0.15, 0.2) is 54.6 Å². The number of rotatable bonds is 4. The van der Waals surface area contributed by atoms with Gasteiger partial charge in [-0.25, -0.2) is 4.79 Å². The number of alkyl carbamates (subject to hydrolysis) is 1. The number of carbonyl (C=O) groups is 1. The van der Waals surface area contributed by atoms with Gasteiger partial charge in [0.25, 0.3) is 0 Å². The first-order chi connectivity index (χ1) is 12.8. The van der Waals surface area contributed by atoms with Crippen LogP contribution in [0.4, 0.5) is 4.79 Å². The van der Waals surface area contributed by atoms with Gasteiger partial charge in [0.1, 0.15) is 6.61 Å². The largest absolute Gasteiger partial charge is 0.445 e. The van der Waals surface area contributed by atoms with Crippen LogP contribution in [0.1, 0.15) is 35.4 Å². The highest BCUT2D eigenvalue weighted by molar-refractivity contribution is 5.67. The standard InChI is InChI=1S/C22H24N2O2/c25-22(26-17-19-5-2-1-3-6-19)24-14-4-7-18-8-10-20(11-9-18)21-12-15-23-16-13-21/h1-3,5-6,8-11,21,23H,12-17H2,(H,24,25). The highest BCUT2D eigenvalue weighted by Crippen LogP contribution is 2.25. The van der Waals surface area contributed by atoms with Gasteiger partial charge in [-0.05, 0) is 55.1 Å². The summed E-state index contributed by atoms with van der Waals surface area (Å²) < 4.78 is 5.14. The van der Waals surface area contributed by atoms with E-state index >= 15 is 0 Å². The third kappa shape index (κ3) is 5.65. The van der Waals surface area contributed by atoms with Gasteiger partial charge in [-0.3, -0.25) is 0 Å². The number of nitrogens with one attached hydrogen (secondary N) is 2. The summed E-state index contributed by atoms with van der Waals surface area (Å²) in [4.78, 5) is 11.6. The molecule has 2 N–H and O–H groups in total. The van der Waals surface area contributed by atoms with Gasteiger partial charge < -0.3 is 15.4 Å². The lowest BCUT2D eigenvalue weighted by Crippen LogP contribution is -2.26. The smallest absolute Gasteiger partial charge is 0.408 e. The molecule has 3 rings (SSSR count). The van der Waals surface area contributed by atoms with Crippen LogP contribution in [0.2, 0.25) is 0 Å². The maximum atomic E-state index is 11.6. The molecule has 134 valence electrons. The maximum absolute atomic E-state index is 11.6. The van der Waals surface area contributed by atoms with Crippen LogP contribution in [-0.4, -0.2) is 25.7 Å². The van der Waals surface area contributed by atoms with E-state index in [0.717, 1.165) is 24.2 Å². The van der Waals surface area contributed by atoms with Crippen molar-refractivity contribution < 1.29 is 9.53 Å². The van der Waals surface area contributed by atoms with Gasteiger partial charge in [0.05, 0.1) is 6.54 Å². The van der Waals surface area contributed by atoms with Crippen LogP contribution >= 0.6 is 0 Å². The quantitative estimate of drug-likeness (QED) is 0.833. The summed E-state index contributed by atoms with van der Waals surface area (Å²) in [7, 11) is 0. The number of piperidine rings is 1. The normalized spacial score (nSPS) is 14.2. The Morgan fingerprint density at radius 2 is 1.81 bits per heavy atom. The van der Waals surface area contributed by atoms with Gasteiger partial charge in [0, 0.05) is 5.56 Å². The number of amides is 1. The van der Waals surface area contributed by atoms with E-state index in [2.05, 4.69) is 46.7 Å². The lowest BCUT2D eigenvalue weighted by Gasteiger charge is -2.22. The topological polar surface area (TPSA) is 50.4 Å². The van der Waals surface area contributed by atoms with Crippen molar-refractivity contribution in [2.75, 3.05) is 19.6 Å². The highest BCUT2D eigenvalue weighted by atomic mass is 16.5. The molecule has 0 spiro atoms. The molecule has 0 aliphatic carbocycles. The molecule has 1 aliphatic rings. The van der Waals surface area contributed by atoms with Gasteiger partial charge in [-0.1, -0.05) is 54.3 Å². The van der Waals surface area contributed by atoms with Crippen molar-refractivity contribution in [2.24, 2.45) is 0 Å². The number of benzene rings is 2. The molecule has 1 saturated heterocycles. The second kappa shape index (κ2) is 9.65. The van der Waals surface area contributed by atoms with Crippen molar-refractivity contribution >= 4 is 6.09 Å². The first-order valence-corrected chi connectivity index (χ1v) is 9.05. The van der Waals surface area contributed by atoms with Gasteiger partial charge >= 0.3 is 6.09 Å².